The molecule has 2 N–H and O–H groups in total. The van der Waals surface area contributed by atoms with Gasteiger partial charge in [-0.1, -0.05) is 0 Å². The van der Waals surface area contributed by atoms with Gasteiger partial charge in [0.1, 0.15) is 12.7 Å². The van der Waals surface area contributed by atoms with Crippen LogP contribution in [-0.4, -0.2) is 45.8 Å². The lowest BCUT2D eigenvalue weighted by atomic mass is 10.2. The summed E-state index contributed by atoms with van der Waals surface area (Å²) in [6.07, 6.45) is 5.15. The van der Waals surface area contributed by atoms with Crippen LogP contribution in [0.5, 0.6) is 0 Å². The van der Waals surface area contributed by atoms with Gasteiger partial charge in [0.05, 0.1) is 21.5 Å². The Morgan fingerprint density at radius 2 is 1.93 bits per heavy atom. The summed E-state index contributed by atoms with van der Waals surface area (Å²) in [6.45, 7) is 1.25. The summed E-state index contributed by atoms with van der Waals surface area (Å²) in [7, 11) is 0. The first kappa shape index (κ1) is 18.3. The minimum Gasteiger partial charge on any atom is -0.376 e. The molecule has 1 aromatic carbocycles. The standard InChI is InChI=1S/C19H19N5O3S/c25-18(21-10-15-2-1-9-27-15)16-7-8-17(28-16)19(26)23-13-3-5-14(6-4-13)24-12-20-11-22-24/h3-8,11-12,15H,1-2,9-10H2,(H,21,25)(H,23,26)/t15-/m0/s1. The van der Waals surface area contributed by atoms with Crippen LogP contribution in [0.15, 0.2) is 49.1 Å². The monoisotopic (exact) mass is 397 g/mol. The molecule has 9 heteroatoms. The molecule has 0 radical (unpaired) electrons. The van der Waals surface area contributed by atoms with Crippen LogP contribution in [0, 0.1) is 0 Å². The first-order chi connectivity index (χ1) is 13.7. The Hall–Kier alpha value is -3.04. The number of ether oxygens (including phenoxy) is 1. The van der Waals surface area contributed by atoms with Crippen LogP contribution in [0.3, 0.4) is 0 Å². The van der Waals surface area contributed by atoms with Gasteiger partial charge in [-0.25, -0.2) is 9.67 Å². The van der Waals surface area contributed by atoms with Crippen LogP contribution in [-0.2, 0) is 4.74 Å². The molecule has 2 aromatic heterocycles. The minimum atomic E-state index is -0.253. The van der Waals surface area contributed by atoms with E-state index in [1.165, 1.54) is 6.33 Å². The number of anilines is 1. The largest absolute Gasteiger partial charge is 0.376 e. The van der Waals surface area contributed by atoms with Gasteiger partial charge in [0.2, 0.25) is 0 Å². The van der Waals surface area contributed by atoms with E-state index in [4.69, 9.17) is 4.74 Å². The lowest BCUT2D eigenvalue weighted by molar-refractivity contribution is 0.0861. The average Bonchev–Trinajstić information content (AvgIpc) is 3.49. The van der Waals surface area contributed by atoms with Crippen molar-refractivity contribution >= 4 is 28.8 Å². The van der Waals surface area contributed by atoms with Crippen molar-refractivity contribution in [2.45, 2.75) is 18.9 Å². The van der Waals surface area contributed by atoms with E-state index in [9.17, 15) is 9.59 Å². The molecule has 1 saturated heterocycles. The molecule has 0 unspecified atom stereocenters. The van der Waals surface area contributed by atoms with Crippen molar-refractivity contribution in [1.29, 1.82) is 0 Å². The maximum atomic E-state index is 12.5. The van der Waals surface area contributed by atoms with Gasteiger partial charge in [0, 0.05) is 18.8 Å². The Labute approximate surface area is 165 Å². The lowest BCUT2D eigenvalue weighted by Crippen LogP contribution is -2.31. The Morgan fingerprint density at radius 1 is 1.14 bits per heavy atom. The fourth-order valence-corrected chi connectivity index (χ4v) is 3.73. The number of thiophene rings is 1. The number of benzene rings is 1. The van der Waals surface area contributed by atoms with Crippen LogP contribution < -0.4 is 10.6 Å². The molecule has 0 saturated carbocycles. The smallest absolute Gasteiger partial charge is 0.265 e. The van der Waals surface area contributed by atoms with Gasteiger partial charge < -0.3 is 15.4 Å². The highest BCUT2D eigenvalue weighted by atomic mass is 32.1. The second-order valence-electron chi connectivity index (χ2n) is 6.35. The summed E-state index contributed by atoms with van der Waals surface area (Å²) in [5.41, 5.74) is 1.50. The predicted octanol–water partition coefficient (Wildman–Crippen LogP) is 2.49. The molecule has 0 aliphatic carbocycles. The van der Waals surface area contributed by atoms with Crippen molar-refractivity contribution in [3.63, 3.8) is 0 Å². The third-order valence-electron chi connectivity index (χ3n) is 4.38. The van der Waals surface area contributed by atoms with E-state index in [1.54, 1.807) is 35.3 Å². The van der Waals surface area contributed by atoms with Crippen LogP contribution in [0.25, 0.3) is 5.69 Å². The number of carbonyl (C=O) groups is 2. The Bertz CT molecular complexity index is 946. The van der Waals surface area contributed by atoms with Crippen LogP contribution in [0.1, 0.15) is 32.2 Å². The van der Waals surface area contributed by atoms with Crippen molar-refractivity contribution < 1.29 is 14.3 Å². The summed E-state index contributed by atoms with van der Waals surface area (Å²) < 4.78 is 7.13. The van der Waals surface area contributed by atoms with Gasteiger partial charge in [-0.05, 0) is 49.2 Å². The second kappa shape index (κ2) is 8.32. The second-order valence-corrected chi connectivity index (χ2v) is 7.43. The zero-order valence-electron chi connectivity index (χ0n) is 15.0. The molecular weight excluding hydrogens is 378 g/mol. The SMILES string of the molecule is O=C(NC[C@@H]1CCCO1)c1ccc(C(=O)Nc2ccc(-n3cncn3)cc2)s1. The van der Waals surface area contributed by atoms with Crippen molar-refractivity contribution in [3.8, 4) is 5.69 Å². The van der Waals surface area contributed by atoms with Crippen LogP contribution in [0.4, 0.5) is 5.69 Å². The zero-order valence-corrected chi connectivity index (χ0v) is 15.8. The molecule has 8 nitrogen and oxygen atoms in total. The number of aromatic nitrogens is 3. The highest BCUT2D eigenvalue weighted by molar-refractivity contribution is 7.16. The topological polar surface area (TPSA) is 98.1 Å². The quantitative estimate of drug-likeness (QED) is 0.666. The average molecular weight is 397 g/mol. The van der Waals surface area contributed by atoms with E-state index >= 15 is 0 Å². The van der Waals surface area contributed by atoms with Crippen LogP contribution >= 0.6 is 11.3 Å². The van der Waals surface area contributed by atoms with Crippen molar-refractivity contribution in [2.75, 3.05) is 18.5 Å². The Morgan fingerprint density at radius 3 is 2.61 bits per heavy atom. The fraction of sp³-hybridized carbons (Fsp3) is 0.263. The van der Waals surface area contributed by atoms with E-state index in [0.717, 1.165) is 36.5 Å². The Balaban J connectivity index is 1.34. The number of amides is 2. The number of rotatable bonds is 6. The fourth-order valence-electron chi connectivity index (χ4n) is 2.91. The lowest BCUT2D eigenvalue weighted by Gasteiger charge is -2.09. The number of carbonyl (C=O) groups excluding carboxylic acids is 2. The molecular formula is C19H19N5O3S. The normalized spacial score (nSPS) is 16.1. The number of hydrogen-bond donors (Lipinski definition) is 2. The molecule has 1 aliphatic heterocycles. The first-order valence-corrected chi connectivity index (χ1v) is 9.77. The summed E-state index contributed by atoms with van der Waals surface area (Å²) in [6, 6.07) is 10.6. The highest BCUT2D eigenvalue weighted by Crippen LogP contribution is 2.19. The number of nitrogens with one attached hydrogen (secondary N) is 2. The van der Waals surface area contributed by atoms with Gasteiger partial charge in [0.15, 0.2) is 0 Å². The van der Waals surface area contributed by atoms with Gasteiger partial charge in [-0.2, -0.15) is 5.10 Å². The summed E-state index contributed by atoms with van der Waals surface area (Å²) in [4.78, 5) is 29.6. The summed E-state index contributed by atoms with van der Waals surface area (Å²) in [5.74, 6) is -0.437. The molecule has 0 spiro atoms. The molecule has 2 amide bonds. The van der Waals surface area contributed by atoms with E-state index in [-0.39, 0.29) is 17.9 Å². The van der Waals surface area contributed by atoms with E-state index in [2.05, 4.69) is 20.7 Å². The van der Waals surface area contributed by atoms with E-state index in [0.29, 0.717) is 22.0 Å². The number of hydrogen-bond acceptors (Lipinski definition) is 6. The zero-order chi connectivity index (χ0) is 19.3. The van der Waals surface area contributed by atoms with E-state index < -0.39 is 0 Å². The van der Waals surface area contributed by atoms with Gasteiger partial charge in [0.25, 0.3) is 11.8 Å². The highest BCUT2D eigenvalue weighted by Gasteiger charge is 2.18. The molecule has 144 valence electrons. The summed E-state index contributed by atoms with van der Waals surface area (Å²) in [5, 5.41) is 9.76. The Kier molecular flexibility index (Phi) is 5.45. The molecule has 3 aromatic rings. The molecule has 28 heavy (non-hydrogen) atoms. The predicted molar refractivity (Wildman–Crippen MR) is 105 cm³/mol. The van der Waals surface area contributed by atoms with Gasteiger partial charge >= 0.3 is 0 Å². The maximum Gasteiger partial charge on any atom is 0.265 e. The van der Waals surface area contributed by atoms with Crippen LogP contribution in [0.2, 0.25) is 0 Å². The van der Waals surface area contributed by atoms with Crippen molar-refractivity contribution in [2.24, 2.45) is 0 Å². The van der Waals surface area contributed by atoms with E-state index in [1.807, 2.05) is 12.1 Å². The van der Waals surface area contributed by atoms with Crippen molar-refractivity contribution in [1.82, 2.24) is 20.1 Å². The molecule has 1 atom stereocenters. The number of nitrogens with zero attached hydrogens (tertiary/aromatic N) is 3. The third kappa shape index (κ3) is 4.26. The molecule has 0 bridgehead atoms. The third-order valence-corrected chi connectivity index (χ3v) is 5.46. The van der Waals surface area contributed by atoms with Gasteiger partial charge in [-0.3, -0.25) is 9.59 Å². The van der Waals surface area contributed by atoms with Crippen molar-refractivity contribution in [3.05, 3.63) is 58.8 Å². The molecule has 1 fully saturated rings. The molecule has 4 rings (SSSR count). The first-order valence-electron chi connectivity index (χ1n) is 8.95. The maximum absolute atomic E-state index is 12.5. The summed E-state index contributed by atoms with van der Waals surface area (Å²) >= 11 is 1.16. The molecule has 1 aliphatic rings. The molecule has 3 heterocycles. The van der Waals surface area contributed by atoms with Gasteiger partial charge in [-0.15, -0.1) is 11.3 Å². The minimum absolute atomic E-state index is 0.0900.